The van der Waals surface area contributed by atoms with Crippen LogP contribution in [-0.2, 0) is 19.1 Å². The number of carbonyl (C=O) groups is 3. The van der Waals surface area contributed by atoms with E-state index < -0.39 is 5.91 Å². The predicted molar refractivity (Wildman–Crippen MR) is 90.4 cm³/mol. The Balaban J connectivity index is 1.85. The molecule has 0 bridgehead atoms. The molecule has 8 nitrogen and oxygen atoms in total. The zero-order valence-corrected chi connectivity index (χ0v) is 14.0. The minimum atomic E-state index is -0.529. The van der Waals surface area contributed by atoms with Gasteiger partial charge in [-0.15, -0.1) is 0 Å². The van der Waals surface area contributed by atoms with Crippen LogP contribution in [0.1, 0.15) is 23.7 Å². The molecular formula is C17H21N3O5. The monoisotopic (exact) mass is 347 g/mol. The van der Waals surface area contributed by atoms with E-state index in [1.54, 1.807) is 12.1 Å². The van der Waals surface area contributed by atoms with Crippen LogP contribution in [0.15, 0.2) is 36.3 Å². The second-order valence-electron chi connectivity index (χ2n) is 5.33. The number of benzene rings is 1. The molecule has 0 aromatic heterocycles. The van der Waals surface area contributed by atoms with Gasteiger partial charge in [-0.2, -0.15) is 0 Å². The summed E-state index contributed by atoms with van der Waals surface area (Å²) < 4.78 is 10.3. The van der Waals surface area contributed by atoms with E-state index in [0.29, 0.717) is 31.0 Å². The molecule has 1 aliphatic rings. The summed E-state index contributed by atoms with van der Waals surface area (Å²) in [5.74, 6) is -0.928. The highest BCUT2D eigenvalue weighted by Gasteiger charge is 2.21. The number of nitrogens with two attached hydrogens (primary N) is 1. The van der Waals surface area contributed by atoms with Gasteiger partial charge in [0.2, 0.25) is 17.6 Å². The number of carbonyl (C=O) groups excluding carboxylic acids is 3. The van der Waals surface area contributed by atoms with Crippen molar-refractivity contribution in [2.75, 3.05) is 31.6 Å². The first-order chi connectivity index (χ1) is 12.0. The Bertz CT molecular complexity index is 669. The molecular weight excluding hydrogens is 326 g/mol. The van der Waals surface area contributed by atoms with Crippen LogP contribution in [0.2, 0.25) is 0 Å². The van der Waals surface area contributed by atoms with Crippen molar-refractivity contribution in [3.05, 3.63) is 41.9 Å². The molecule has 0 radical (unpaired) electrons. The molecule has 0 aliphatic carbocycles. The average molecular weight is 347 g/mol. The molecule has 0 unspecified atom stereocenters. The molecule has 1 aliphatic heterocycles. The molecule has 3 amide bonds. The van der Waals surface area contributed by atoms with E-state index in [0.717, 1.165) is 0 Å². The third kappa shape index (κ3) is 5.23. The van der Waals surface area contributed by atoms with Gasteiger partial charge in [-0.25, -0.2) is 0 Å². The Morgan fingerprint density at radius 2 is 1.92 bits per heavy atom. The lowest BCUT2D eigenvalue weighted by molar-refractivity contribution is -0.132. The Kier molecular flexibility index (Phi) is 6.39. The van der Waals surface area contributed by atoms with E-state index in [-0.39, 0.29) is 30.5 Å². The number of hydrogen-bond donors (Lipinski definition) is 2. The zero-order valence-electron chi connectivity index (χ0n) is 14.0. The highest BCUT2D eigenvalue weighted by molar-refractivity contribution is 5.95. The molecule has 8 heteroatoms. The van der Waals surface area contributed by atoms with Crippen molar-refractivity contribution in [2.45, 2.75) is 13.3 Å². The van der Waals surface area contributed by atoms with Crippen LogP contribution in [-0.4, -0.2) is 48.9 Å². The summed E-state index contributed by atoms with van der Waals surface area (Å²) in [4.78, 5) is 36.8. The SMILES string of the molecule is CCN(CCC(=O)Nc1ccc(C(N)=O)cc1)C(=O)C1=COCCO1. The van der Waals surface area contributed by atoms with Gasteiger partial charge < -0.3 is 25.4 Å². The van der Waals surface area contributed by atoms with Crippen LogP contribution in [0.4, 0.5) is 5.69 Å². The Morgan fingerprint density at radius 3 is 2.48 bits per heavy atom. The molecule has 1 aromatic carbocycles. The summed E-state index contributed by atoms with van der Waals surface area (Å²) in [7, 11) is 0. The fourth-order valence-corrected chi connectivity index (χ4v) is 2.22. The normalized spacial score (nSPS) is 13.1. The summed E-state index contributed by atoms with van der Waals surface area (Å²) in [6.45, 7) is 3.26. The molecule has 25 heavy (non-hydrogen) atoms. The molecule has 0 saturated carbocycles. The third-order valence-corrected chi connectivity index (χ3v) is 3.59. The van der Waals surface area contributed by atoms with Gasteiger partial charge in [-0.1, -0.05) is 0 Å². The first-order valence-electron chi connectivity index (χ1n) is 7.94. The van der Waals surface area contributed by atoms with Crippen molar-refractivity contribution < 1.29 is 23.9 Å². The van der Waals surface area contributed by atoms with Crippen LogP contribution >= 0.6 is 0 Å². The molecule has 134 valence electrons. The van der Waals surface area contributed by atoms with Crippen molar-refractivity contribution >= 4 is 23.4 Å². The summed E-state index contributed by atoms with van der Waals surface area (Å²) in [5.41, 5.74) is 6.08. The van der Waals surface area contributed by atoms with Crippen LogP contribution in [0, 0.1) is 0 Å². The molecule has 0 atom stereocenters. The zero-order chi connectivity index (χ0) is 18.2. The van der Waals surface area contributed by atoms with Crippen LogP contribution in [0.25, 0.3) is 0 Å². The maximum Gasteiger partial charge on any atom is 0.292 e. The van der Waals surface area contributed by atoms with E-state index in [1.165, 1.54) is 23.3 Å². The Morgan fingerprint density at radius 1 is 1.20 bits per heavy atom. The Labute approximate surface area is 145 Å². The second-order valence-corrected chi connectivity index (χ2v) is 5.33. The van der Waals surface area contributed by atoms with Crippen molar-refractivity contribution in [2.24, 2.45) is 5.73 Å². The van der Waals surface area contributed by atoms with Crippen LogP contribution in [0.5, 0.6) is 0 Å². The number of ether oxygens (including phenoxy) is 2. The smallest absolute Gasteiger partial charge is 0.292 e. The van der Waals surface area contributed by atoms with Gasteiger partial charge in [0.05, 0.1) is 0 Å². The summed E-state index contributed by atoms with van der Waals surface area (Å²) in [5, 5.41) is 2.71. The van der Waals surface area contributed by atoms with Crippen LogP contribution < -0.4 is 11.1 Å². The average Bonchev–Trinajstić information content (AvgIpc) is 2.63. The van der Waals surface area contributed by atoms with Gasteiger partial charge in [0.15, 0.2) is 0 Å². The van der Waals surface area contributed by atoms with Crippen molar-refractivity contribution in [1.29, 1.82) is 0 Å². The van der Waals surface area contributed by atoms with Gasteiger partial charge in [0.1, 0.15) is 19.5 Å². The van der Waals surface area contributed by atoms with E-state index in [4.69, 9.17) is 15.2 Å². The van der Waals surface area contributed by atoms with Crippen molar-refractivity contribution in [1.82, 2.24) is 4.90 Å². The largest absolute Gasteiger partial charge is 0.494 e. The van der Waals surface area contributed by atoms with Crippen molar-refractivity contribution in [3.8, 4) is 0 Å². The molecule has 0 fully saturated rings. The topological polar surface area (TPSA) is 111 Å². The third-order valence-electron chi connectivity index (χ3n) is 3.59. The fraction of sp³-hybridized carbons (Fsp3) is 0.353. The molecule has 2 rings (SSSR count). The first kappa shape index (κ1) is 18.3. The van der Waals surface area contributed by atoms with Crippen molar-refractivity contribution in [3.63, 3.8) is 0 Å². The molecule has 0 saturated heterocycles. The Hall–Kier alpha value is -3.03. The molecule has 0 spiro atoms. The summed E-state index contributed by atoms with van der Waals surface area (Å²) >= 11 is 0. The quantitative estimate of drug-likeness (QED) is 0.760. The van der Waals surface area contributed by atoms with E-state index in [1.807, 2.05) is 6.92 Å². The van der Waals surface area contributed by atoms with Gasteiger partial charge >= 0.3 is 0 Å². The lowest BCUT2D eigenvalue weighted by Crippen LogP contribution is -2.36. The predicted octanol–water partition coefficient (Wildman–Crippen LogP) is 0.851. The lowest BCUT2D eigenvalue weighted by atomic mass is 10.2. The number of hydrogen-bond acceptors (Lipinski definition) is 5. The molecule has 3 N–H and O–H groups in total. The number of nitrogens with one attached hydrogen (secondary N) is 1. The minimum Gasteiger partial charge on any atom is -0.494 e. The maximum absolute atomic E-state index is 12.3. The number of nitrogens with zero attached hydrogens (tertiary/aromatic N) is 1. The second kappa shape index (κ2) is 8.72. The van der Waals surface area contributed by atoms with Gasteiger partial charge in [0, 0.05) is 30.8 Å². The van der Waals surface area contributed by atoms with E-state index >= 15 is 0 Å². The highest BCUT2D eigenvalue weighted by atomic mass is 16.6. The van der Waals surface area contributed by atoms with Gasteiger partial charge in [-0.3, -0.25) is 14.4 Å². The highest BCUT2D eigenvalue weighted by Crippen LogP contribution is 2.11. The van der Waals surface area contributed by atoms with E-state index in [9.17, 15) is 14.4 Å². The van der Waals surface area contributed by atoms with E-state index in [2.05, 4.69) is 5.32 Å². The number of amides is 3. The van der Waals surface area contributed by atoms with Gasteiger partial charge in [0.25, 0.3) is 5.91 Å². The number of rotatable bonds is 7. The maximum atomic E-state index is 12.3. The summed E-state index contributed by atoms with van der Waals surface area (Å²) in [6.07, 6.45) is 1.43. The minimum absolute atomic E-state index is 0.130. The standard InChI is InChI=1S/C17H21N3O5/c1-2-20(17(23)14-11-24-9-10-25-14)8-7-15(21)19-13-5-3-12(4-6-13)16(18)22/h3-6,11H,2,7-10H2,1H3,(H2,18,22)(H,19,21). The molecule has 1 heterocycles. The number of likely N-dealkylation sites (N-methyl/N-ethyl adjacent to an activating group) is 1. The number of anilines is 1. The first-order valence-corrected chi connectivity index (χ1v) is 7.94. The fourth-order valence-electron chi connectivity index (χ4n) is 2.22. The summed E-state index contributed by atoms with van der Waals surface area (Å²) in [6, 6.07) is 6.26. The molecule has 1 aromatic rings. The lowest BCUT2D eigenvalue weighted by Gasteiger charge is -2.23. The van der Waals surface area contributed by atoms with Gasteiger partial charge in [-0.05, 0) is 31.2 Å². The number of primary amides is 1. The van der Waals surface area contributed by atoms with Crippen LogP contribution in [0.3, 0.4) is 0 Å².